The molecule has 19 heavy (non-hydrogen) atoms. The van der Waals surface area contributed by atoms with Crippen LogP contribution in [-0.2, 0) is 9.53 Å². The van der Waals surface area contributed by atoms with E-state index < -0.39 is 0 Å². The van der Waals surface area contributed by atoms with Crippen LogP contribution >= 0.6 is 0 Å². The Morgan fingerprint density at radius 3 is 2.74 bits per heavy atom. The Kier molecular flexibility index (Phi) is 4.44. The first kappa shape index (κ1) is 13.5. The van der Waals surface area contributed by atoms with E-state index in [4.69, 9.17) is 4.74 Å². The Labute approximate surface area is 113 Å². The minimum absolute atomic E-state index is 0.206. The molecule has 0 unspecified atom stereocenters. The lowest BCUT2D eigenvalue weighted by molar-refractivity contribution is -0.138. The van der Waals surface area contributed by atoms with Gasteiger partial charge in [0.05, 0.1) is 17.9 Å². The zero-order valence-corrected chi connectivity index (χ0v) is 11.5. The number of carbonyl (C=O) groups is 1. The fraction of sp³-hybridized carbons (Fsp3) is 0.400. The van der Waals surface area contributed by atoms with Crippen molar-refractivity contribution in [3.63, 3.8) is 0 Å². The molecule has 0 amide bonds. The lowest BCUT2D eigenvalue weighted by Crippen LogP contribution is -2.25. The monoisotopic (exact) mass is 260 g/mol. The summed E-state index contributed by atoms with van der Waals surface area (Å²) < 4.78 is 5.13. The predicted molar refractivity (Wildman–Crippen MR) is 76.8 cm³/mol. The van der Waals surface area contributed by atoms with Crippen molar-refractivity contribution in [2.45, 2.75) is 19.8 Å². The first-order valence-corrected chi connectivity index (χ1v) is 6.68. The van der Waals surface area contributed by atoms with Gasteiger partial charge < -0.3 is 15.4 Å². The summed E-state index contributed by atoms with van der Waals surface area (Å²) in [6, 6.07) is 8.03. The fourth-order valence-corrected chi connectivity index (χ4v) is 2.21. The number of rotatable bonds is 4. The number of benzene rings is 1. The molecule has 0 fully saturated rings. The van der Waals surface area contributed by atoms with E-state index in [1.165, 1.54) is 0 Å². The second kappa shape index (κ2) is 6.27. The molecule has 4 nitrogen and oxygen atoms in total. The molecule has 4 heteroatoms. The van der Waals surface area contributed by atoms with E-state index in [-0.39, 0.29) is 5.97 Å². The van der Waals surface area contributed by atoms with Crippen LogP contribution in [0.15, 0.2) is 29.8 Å². The minimum Gasteiger partial charge on any atom is -0.463 e. The third kappa shape index (κ3) is 3.08. The number of anilines is 1. The van der Waals surface area contributed by atoms with Crippen molar-refractivity contribution in [2.75, 3.05) is 25.5 Å². The van der Waals surface area contributed by atoms with Crippen molar-refractivity contribution in [3.05, 3.63) is 35.4 Å². The molecule has 1 aliphatic heterocycles. The van der Waals surface area contributed by atoms with Crippen molar-refractivity contribution < 1.29 is 9.53 Å². The number of esters is 1. The van der Waals surface area contributed by atoms with E-state index in [2.05, 4.69) is 10.6 Å². The fourth-order valence-electron chi connectivity index (χ4n) is 2.21. The molecule has 0 saturated carbocycles. The largest absolute Gasteiger partial charge is 0.463 e. The minimum atomic E-state index is -0.206. The number of nitrogens with one attached hydrogen (secondary N) is 2. The van der Waals surface area contributed by atoms with Crippen LogP contribution in [0.5, 0.6) is 0 Å². The molecule has 1 aliphatic rings. The summed E-state index contributed by atoms with van der Waals surface area (Å²) in [5.74, 6) is -0.206. The number of carbonyl (C=O) groups excluding carboxylic acids is 1. The van der Waals surface area contributed by atoms with E-state index >= 15 is 0 Å². The Bertz CT molecular complexity index is 477. The molecule has 1 aromatic rings. The highest BCUT2D eigenvalue weighted by Gasteiger charge is 2.20. The molecule has 0 aromatic heterocycles. The first-order chi connectivity index (χ1) is 9.26. The van der Waals surface area contributed by atoms with Gasteiger partial charge in [-0.25, -0.2) is 4.79 Å². The molecule has 1 aromatic carbocycles. The number of hydrogen-bond donors (Lipinski definition) is 2. The molecule has 0 aliphatic carbocycles. The van der Waals surface area contributed by atoms with Gasteiger partial charge in [0.1, 0.15) is 0 Å². The van der Waals surface area contributed by atoms with Gasteiger partial charge in [0.15, 0.2) is 0 Å². The van der Waals surface area contributed by atoms with Crippen molar-refractivity contribution in [2.24, 2.45) is 0 Å². The van der Waals surface area contributed by atoms with Gasteiger partial charge in [-0.05, 0) is 37.5 Å². The average Bonchev–Trinajstić information content (AvgIpc) is 2.47. The Hall–Kier alpha value is -1.97. The van der Waals surface area contributed by atoms with Crippen molar-refractivity contribution in [1.29, 1.82) is 0 Å². The van der Waals surface area contributed by atoms with Crippen LogP contribution in [0.1, 0.15) is 25.3 Å². The lowest BCUT2D eigenvalue weighted by atomic mass is 9.98. The highest BCUT2D eigenvalue weighted by molar-refractivity contribution is 5.97. The van der Waals surface area contributed by atoms with Gasteiger partial charge in [0, 0.05) is 19.3 Å². The van der Waals surface area contributed by atoms with Gasteiger partial charge in [-0.2, -0.15) is 0 Å². The molecule has 1 heterocycles. The molecule has 0 saturated heterocycles. The number of hydrogen-bond acceptors (Lipinski definition) is 4. The third-order valence-corrected chi connectivity index (χ3v) is 3.19. The van der Waals surface area contributed by atoms with Crippen molar-refractivity contribution in [3.8, 4) is 0 Å². The lowest BCUT2D eigenvalue weighted by Gasteiger charge is -2.21. The molecule has 0 bridgehead atoms. The second-order valence-electron chi connectivity index (χ2n) is 4.43. The van der Waals surface area contributed by atoms with Crippen LogP contribution in [0.25, 0.3) is 5.70 Å². The van der Waals surface area contributed by atoms with Crippen molar-refractivity contribution in [1.82, 2.24) is 5.32 Å². The quantitative estimate of drug-likeness (QED) is 0.816. The topological polar surface area (TPSA) is 50.4 Å². The molecule has 0 radical (unpaired) electrons. The standard InChI is InChI=1S/C15H20N2O2/c1-3-19-15(18)13-5-4-10-17-14(13)11-6-8-12(16-2)9-7-11/h6-9,16-17H,3-5,10H2,1-2H3. The van der Waals surface area contributed by atoms with E-state index in [0.717, 1.165) is 41.9 Å². The molecule has 0 atom stereocenters. The molecule has 0 spiro atoms. The summed E-state index contributed by atoms with van der Waals surface area (Å²) in [7, 11) is 1.89. The Morgan fingerprint density at radius 1 is 1.37 bits per heavy atom. The van der Waals surface area contributed by atoms with Crippen LogP contribution in [0.4, 0.5) is 5.69 Å². The van der Waals surface area contributed by atoms with E-state index in [9.17, 15) is 4.79 Å². The first-order valence-electron chi connectivity index (χ1n) is 6.68. The van der Waals surface area contributed by atoms with Gasteiger partial charge in [0.25, 0.3) is 0 Å². The zero-order chi connectivity index (χ0) is 13.7. The van der Waals surface area contributed by atoms with Crippen LogP contribution in [0.3, 0.4) is 0 Å². The summed E-state index contributed by atoms with van der Waals surface area (Å²) in [5.41, 5.74) is 3.75. The summed E-state index contributed by atoms with van der Waals surface area (Å²) in [6.07, 6.45) is 1.74. The summed E-state index contributed by atoms with van der Waals surface area (Å²) in [6.45, 7) is 3.14. The van der Waals surface area contributed by atoms with E-state index in [1.807, 2.05) is 38.2 Å². The SMILES string of the molecule is CCOC(=O)C1=C(c2ccc(NC)cc2)NCCC1. The molecule has 2 N–H and O–H groups in total. The summed E-state index contributed by atoms with van der Waals surface area (Å²) in [5, 5.41) is 6.40. The van der Waals surface area contributed by atoms with Crippen LogP contribution < -0.4 is 10.6 Å². The molecular weight excluding hydrogens is 240 g/mol. The maximum atomic E-state index is 12.0. The predicted octanol–water partition coefficient (Wildman–Crippen LogP) is 2.39. The van der Waals surface area contributed by atoms with Crippen LogP contribution in [-0.4, -0.2) is 26.2 Å². The normalized spacial score (nSPS) is 14.8. The van der Waals surface area contributed by atoms with E-state index in [1.54, 1.807) is 0 Å². The zero-order valence-electron chi connectivity index (χ0n) is 11.5. The highest BCUT2D eigenvalue weighted by Crippen LogP contribution is 2.25. The Balaban J connectivity index is 2.33. The molecular formula is C15H20N2O2. The Morgan fingerprint density at radius 2 is 2.11 bits per heavy atom. The summed E-state index contributed by atoms with van der Waals surface area (Å²) >= 11 is 0. The highest BCUT2D eigenvalue weighted by atomic mass is 16.5. The average molecular weight is 260 g/mol. The van der Waals surface area contributed by atoms with Gasteiger partial charge in [0.2, 0.25) is 0 Å². The number of ether oxygens (including phenoxy) is 1. The van der Waals surface area contributed by atoms with Crippen molar-refractivity contribution >= 4 is 17.4 Å². The van der Waals surface area contributed by atoms with Gasteiger partial charge >= 0.3 is 5.97 Å². The van der Waals surface area contributed by atoms with Gasteiger partial charge in [-0.3, -0.25) is 0 Å². The summed E-state index contributed by atoms with van der Waals surface area (Å²) in [4.78, 5) is 12.0. The van der Waals surface area contributed by atoms with Gasteiger partial charge in [-0.1, -0.05) is 12.1 Å². The second-order valence-corrected chi connectivity index (χ2v) is 4.43. The molecule has 2 rings (SSSR count). The van der Waals surface area contributed by atoms with Crippen LogP contribution in [0.2, 0.25) is 0 Å². The smallest absolute Gasteiger partial charge is 0.336 e. The van der Waals surface area contributed by atoms with E-state index in [0.29, 0.717) is 6.61 Å². The maximum Gasteiger partial charge on any atom is 0.336 e. The maximum absolute atomic E-state index is 12.0. The van der Waals surface area contributed by atoms with Gasteiger partial charge in [-0.15, -0.1) is 0 Å². The molecule has 102 valence electrons. The van der Waals surface area contributed by atoms with Crippen LogP contribution in [0, 0.1) is 0 Å². The third-order valence-electron chi connectivity index (χ3n) is 3.19.